The lowest BCUT2D eigenvalue weighted by atomic mass is 9.97. The zero-order chi connectivity index (χ0) is 17.5. The summed E-state index contributed by atoms with van der Waals surface area (Å²) < 4.78 is 33.6. The molecule has 132 valence electrons. The van der Waals surface area contributed by atoms with Crippen LogP contribution in [0.2, 0.25) is 5.02 Å². The van der Waals surface area contributed by atoms with Gasteiger partial charge in [0.15, 0.2) is 5.58 Å². The van der Waals surface area contributed by atoms with E-state index in [2.05, 4.69) is 10.3 Å². The molecule has 0 spiro atoms. The Labute approximate surface area is 147 Å². The molecule has 1 aliphatic rings. The van der Waals surface area contributed by atoms with Crippen LogP contribution in [0, 0.1) is 0 Å². The maximum atomic E-state index is 13.2. The molecular weight excluding hydrogens is 350 g/mol. The molecule has 0 amide bonds. The topological polar surface area (TPSA) is 75.4 Å². The third-order valence-corrected chi connectivity index (χ3v) is 6.40. The van der Waals surface area contributed by atoms with Crippen molar-refractivity contribution < 1.29 is 12.8 Å². The monoisotopic (exact) mass is 371 g/mol. The number of sulfonamides is 1. The molecule has 0 aliphatic carbocycles. The molecule has 1 aromatic carbocycles. The Bertz CT molecular complexity index is 847. The number of rotatable bonds is 2. The van der Waals surface area contributed by atoms with Gasteiger partial charge in [-0.15, -0.1) is 0 Å². The summed E-state index contributed by atoms with van der Waals surface area (Å²) in [6, 6.07) is 3.27. The predicted molar refractivity (Wildman–Crippen MR) is 94.0 cm³/mol. The summed E-state index contributed by atoms with van der Waals surface area (Å²) in [4.78, 5) is 4.46. The van der Waals surface area contributed by atoms with E-state index in [1.807, 2.05) is 20.8 Å². The first-order valence-corrected chi connectivity index (χ1v) is 9.83. The molecule has 24 heavy (non-hydrogen) atoms. The molecular formula is C16H22ClN3O3S. The van der Waals surface area contributed by atoms with Crippen molar-refractivity contribution in [3.63, 3.8) is 0 Å². The highest BCUT2D eigenvalue weighted by Gasteiger charge is 2.32. The third-order valence-electron chi connectivity index (χ3n) is 4.00. The second kappa shape index (κ2) is 6.29. The van der Waals surface area contributed by atoms with Crippen molar-refractivity contribution in [3.8, 4) is 0 Å². The number of nitrogens with one attached hydrogen (secondary N) is 1. The summed E-state index contributed by atoms with van der Waals surface area (Å²) in [7, 11) is -3.75. The van der Waals surface area contributed by atoms with Crippen LogP contribution in [0.3, 0.4) is 0 Å². The van der Waals surface area contributed by atoms with Gasteiger partial charge < -0.3 is 9.73 Å². The van der Waals surface area contributed by atoms with Crippen molar-refractivity contribution in [2.75, 3.05) is 26.2 Å². The molecule has 0 atom stereocenters. The summed E-state index contributed by atoms with van der Waals surface area (Å²) in [6.45, 7) is 8.20. The Morgan fingerprint density at radius 1 is 1.25 bits per heavy atom. The van der Waals surface area contributed by atoms with Gasteiger partial charge in [0, 0.05) is 25.0 Å². The largest absolute Gasteiger partial charge is 0.439 e. The van der Waals surface area contributed by atoms with Crippen molar-refractivity contribution in [2.45, 2.75) is 37.5 Å². The number of benzene rings is 1. The quantitative estimate of drug-likeness (QED) is 0.878. The fourth-order valence-electron chi connectivity index (χ4n) is 2.70. The molecule has 8 heteroatoms. The predicted octanol–water partition coefficient (Wildman–Crippen LogP) is 2.76. The number of hydrogen-bond acceptors (Lipinski definition) is 5. The van der Waals surface area contributed by atoms with E-state index in [-0.39, 0.29) is 20.9 Å². The highest BCUT2D eigenvalue weighted by Crippen LogP contribution is 2.35. The SMILES string of the molecule is CC(C)(C)c1nc2ccc(Cl)c(S(=O)(=O)N3CCCNCC3)c2o1. The molecule has 2 heterocycles. The first-order valence-electron chi connectivity index (χ1n) is 8.01. The zero-order valence-electron chi connectivity index (χ0n) is 14.1. The van der Waals surface area contributed by atoms with E-state index >= 15 is 0 Å². The van der Waals surface area contributed by atoms with Crippen molar-refractivity contribution in [1.82, 2.24) is 14.6 Å². The van der Waals surface area contributed by atoms with Gasteiger partial charge in [0.2, 0.25) is 15.9 Å². The van der Waals surface area contributed by atoms with Gasteiger partial charge in [-0.2, -0.15) is 4.31 Å². The van der Waals surface area contributed by atoms with Gasteiger partial charge in [-0.05, 0) is 25.1 Å². The van der Waals surface area contributed by atoms with Gasteiger partial charge in [0.25, 0.3) is 0 Å². The normalized spacial score (nSPS) is 18.0. The summed E-state index contributed by atoms with van der Waals surface area (Å²) >= 11 is 6.26. The van der Waals surface area contributed by atoms with E-state index in [4.69, 9.17) is 16.0 Å². The van der Waals surface area contributed by atoms with Gasteiger partial charge in [-0.1, -0.05) is 32.4 Å². The smallest absolute Gasteiger partial charge is 0.248 e. The van der Waals surface area contributed by atoms with Crippen molar-refractivity contribution in [1.29, 1.82) is 0 Å². The van der Waals surface area contributed by atoms with Crippen LogP contribution in [0.1, 0.15) is 33.1 Å². The summed E-state index contributed by atoms with van der Waals surface area (Å²) in [6.07, 6.45) is 0.760. The fourth-order valence-corrected chi connectivity index (χ4v) is 4.79. The van der Waals surface area contributed by atoms with Crippen LogP contribution in [0.25, 0.3) is 11.1 Å². The van der Waals surface area contributed by atoms with E-state index < -0.39 is 10.0 Å². The highest BCUT2D eigenvalue weighted by molar-refractivity contribution is 7.89. The summed E-state index contributed by atoms with van der Waals surface area (Å²) in [5.41, 5.74) is 0.430. The van der Waals surface area contributed by atoms with E-state index in [9.17, 15) is 8.42 Å². The number of aromatic nitrogens is 1. The van der Waals surface area contributed by atoms with Crippen LogP contribution in [0.15, 0.2) is 21.4 Å². The minimum absolute atomic E-state index is 0.0200. The van der Waals surface area contributed by atoms with E-state index in [0.29, 0.717) is 31.0 Å². The lowest BCUT2D eigenvalue weighted by molar-refractivity contribution is 0.405. The van der Waals surface area contributed by atoms with E-state index in [1.54, 1.807) is 12.1 Å². The van der Waals surface area contributed by atoms with E-state index in [0.717, 1.165) is 13.0 Å². The Morgan fingerprint density at radius 2 is 2.00 bits per heavy atom. The second-order valence-corrected chi connectivity index (χ2v) is 9.28. The van der Waals surface area contributed by atoms with Crippen molar-refractivity contribution >= 4 is 32.7 Å². The molecule has 0 bridgehead atoms. The van der Waals surface area contributed by atoms with Gasteiger partial charge in [0.05, 0.1) is 5.02 Å². The number of oxazole rings is 1. The molecule has 0 unspecified atom stereocenters. The maximum Gasteiger partial charge on any atom is 0.248 e. The van der Waals surface area contributed by atoms with Crippen LogP contribution >= 0.6 is 11.6 Å². The second-order valence-electron chi connectivity index (χ2n) is 7.00. The minimum atomic E-state index is -3.75. The molecule has 0 saturated carbocycles. The standard InChI is InChI=1S/C16H22ClN3O3S/c1-16(2,3)15-19-12-6-5-11(17)14(13(12)23-15)24(21,22)20-9-4-7-18-8-10-20/h5-6,18H,4,7-10H2,1-3H3. The van der Waals surface area contributed by atoms with Crippen LogP contribution in [-0.2, 0) is 15.4 Å². The Morgan fingerprint density at radius 3 is 2.71 bits per heavy atom. The van der Waals surface area contributed by atoms with E-state index in [1.165, 1.54) is 4.31 Å². The minimum Gasteiger partial charge on any atom is -0.439 e. The Hall–Kier alpha value is -1.15. The molecule has 1 N–H and O–H groups in total. The Balaban J connectivity index is 2.17. The molecule has 3 rings (SSSR count). The molecule has 0 radical (unpaired) electrons. The number of fused-ring (bicyclic) bond motifs is 1. The van der Waals surface area contributed by atoms with Crippen LogP contribution < -0.4 is 5.32 Å². The Kier molecular flexibility index (Phi) is 4.63. The van der Waals surface area contributed by atoms with Gasteiger partial charge in [-0.25, -0.2) is 13.4 Å². The van der Waals surface area contributed by atoms with Crippen molar-refractivity contribution in [2.24, 2.45) is 0 Å². The molecule has 2 aromatic rings. The number of halogens is 1. The maximum absolute atomic E-state index is 13.2. The summed E-state index contributed by atoms with van der Waals surface area (Å²) in [5.74, 6) is 0.494. The summed E-state index contributed by atoms with van der Waals surface area (Å²) in [5, 5.41) is 3.36. The molecule has 6 nitrogen and oxygen atoms in total. The highest BCUT2D eigenvalue weighted by atomic mass is 35.5. The van der Waals surface area contributed by atoms with Gasteiger partial charge in [-0.3, -0.25) is 0 Å². The fraction of sp³-hybridized carbons (Fsp3) is 0.562. The lowest BCUT2D eigenvalue weighted by Gasteiger charge is -2.20. The molecule has 1 fully saturated rings. The van der Waals surface area contributed by atoms with Crippen LogP contribution in [0.5, 0.6) is 0 Å². The lowest BCUT2D eigenvalue weighted by Crippen LogP contribution is -2.34. The van der Waals surface area contributed by atoms with Gasteiger partial charge in [0.1, 0.15) is 10.4 Å². The molecule has 1 aliphatic heterocycles. The average Bonchev–Trinajstić information content (AvgIpc) is 2.73. The first kappa shape index (κ1) is 17.7. The van der Waals surface area contributed by atoms with Crippen molar-refractivity contribution in [3.05, 3.63) is 23.0 Å². The molecule has 1 aromatic heterocycles. The van der Waals surface area contributed by atoms with Crippen LogP contribution in [-0.4, -0.2) is 43.9 Å². The number of hydrogen-bond donors (Lipinski definition) is 1. The zero-order valence-corrected chi connectivity index (χ0v) is 15.7. The molecule has 1 saturated heterocycles. The van der Waals surface area contributed by atoms with Gasteiger partial charge >= 0.3 is 0 Å². The van der Waals surface area contributed by atoms with Crippen LogP contribution in [0.4, 0.5) is 0 Å². The third kappa shape index (κ3) is 3.18. The number of nitrogens with zero attached hydrogens (tertiary/aromatic N) is 2. The average molecular weight is 372 g/mol. The first-order chi connectivity index (χ1) is 11.2.